The lowest BCUT2D eigenvalue weighted by Gasteiger charge is -2.06. The number of fused-ring (bicyclic) bond motifs is 1. The normalized spacial score (nSPS) is 10.8. The molecule has 0 aliphatic rings. The first kappa shape index (κ1) is 12.9. The van der Waals surface area contributed by atoms with Gasteiger partial charge in [-0.05, 0) is 18.6 Å². The van der Waals surface area contributed by atoms with E-state index in [-0.39, 0.29) is 0 Å². The number of para-hydroxylation sites is 1. The van der Waals surface area contributed by atoms with Crippen LogP contribution in [0.5, 0.6) is 10.9 Å². The summed E-state index contributed by atoms with van der Waals surface area (Å²) < 4.78 is 14.9. The Kier molecular flexibility index (Phi) is 3.28. The molecule has 0 saturated heterocycles. The van der Waals surface area contributed by atoms with Crippen molar-refractivity contribution < 1.29 is 9.47 Å². The van der Waals surface area contributed by atoms with Crippen LogP contribution in [0.1, 0.15) is 5.56 Å². The molecule has 0 fully saturated rings. The van der Waals surface area contributed by atoms with E-state index in [1.165, 1.54) is 11.5 Å². The van der Waals surface area contributed by atoms with Gasteiger partial charge < -0.3 is 9.47 Å². The number of aryl methyl sites for hydroxylation is 1. The van der Waals surface area contributed by atoms with Crippen molar-refractivity contribution in [2.45, 2.75) is 6.92 Å². The Morgan fingerprint density at radius 3 is 2.75 bits per heavy atom. The van der Waals surface area contributed by atoms with Crippen molar-refractivity contribution in [2.24, 2.45) is 0 Å². The Morgan fingerprint density at radius 2 is 2.00 bits per heavy atom. The molecule has 0 aliphatic carbocycles. The summed E-state index contributed by atoms with van der Waals surface area (Å²) in [4.78, 5) is 4.55. The second-order valence-electron chi connectivity index (χ2n) is 4.43. The van der Waals surface area contributed by atoms with Crippen molar-refractivity contribution in [3.8, 4) is 22.1 Å². The van der Waals surface area contributed by atoms with E-state index in [0.29, 0.717) is 5.88 Å². The first-order chi connectivity index (χ1) is 9.74. The number of rotatable bonds is 3. The zero-order valence-electron chi connectivity index (χ0n) is 11.5. The summed E-state index contributed by atoms with van der Waals surface area (Å²) in [6.07, 6.45) is 1.84. The van der Waals surface area contributed by atoms with Gasteiger partial charge in [-0.1, -0.05) is 18.2 Å². The van der Waals surface area contributed by atoms with Crippen LogP contribution in [0, 0.1) is 6.92 Å². The number of hydrogen-bond acceptors (Lipinski definition) is 5. The highest BCUT2D eigenvalue weighted by Gasteiger charge is 2.18. The smallest absolute Gasteiger partial charge is 0.236 e. The van der Waals surface area contributed by atoms with Crippen LogP contribution in [0.4, 0.5) is 0 Å². The molecule has 0 amide bonds. The average Bonchev–Trinajstić information content (AvgIpc) is 2.90. The second-order valence-corrected chi connectivity index (χ2v) is 5.16. The lowest BCUT2D eigenvalue weighted by molar-refractivity contribution is 0.398. The van der Waals surface area contributed by atoms with Crippen molar-refractivity contribution in [1.29, 1.82) is 0 Å². The minimum atomic E-state index is 0.570. The second kappa shape index (κ2) is 5.09. The van der Waals surface area contributed by atoms with Crippen LogP contribution >= 0.6 is 11.5 Å². The van der Waals surface area contributed by atoms with Gasteiger partial charge in [0.1, 0.15) is 5.56 Å². The van der Waals surface area contributed by atoms with Gasteiger partial charge in [0.15, 0.2) is 0 Å². The molecular weight excluding hydrogens is 272 g/mol. The van der Waals surface area contributed by atoms with Gasteiger partial charge in [-0.15, -0.1) is 0 Å². The maximum atomic E-state index is 5.37. The van der Waals surface area contributed by atoms with Crippen molar-refractivity contribution in [3.05, 3.63) is 36.0 Å². The first-order valence-electron chi connectivity index (χ1n) is 6.18. The summed E-state index contributed by atoms with van der Waals surface area (Å²) in [6, 6.07) is 8.23. The summed E-state index contributed by atoms with van der Waals surface area (Å²) in [5.74, 6) is 0.570. The molecule has 0 N–H and O–H groups in total. The molecular formula is C15H14N2O2S. The molecule has 3 aromatic rings. The third kappa shape index (κ3) is 2.00. The van der Waals surface area contributed by atoms with Crippen molar-refractivity contribution in [3.63, 3.8) is 0 Å². The Hall–Kier alpha value is -2.14. The molecule has 0 saturated carbocycles. The number of pyridine rings is 1. The molecule has 3 rings (SSSR count). The molecule has 0 spiro atoms. The van der Waals surface area contributed by atoms with Gasteiger partial charge in [0.05, 0.1) is 19.7 Å². The summed E-state index contributed by atoms with van der Waals surface area (Å²) >= 11 is 1.28. The Labute approximate surface area is 121 Å². The van der Waals surface area contributed by atoms with Crippen LogP contribution in [0.3, 0.4) is 0 Å². The molecule has 0 radical (unpaired) electrons. The van der Waals surface area contributed by atoms with Crippen LogP contribution < -0.4 is 9.47 Å². The summed E-state index contributed by atoms with van der Waals surface area (Å²) in [5, 5.41) is 1.83. The average molecular weight is 286 g/mol. The quantitative estimate of drug-likeness (QED) is 0.736. The minimum absolute atomic E-state index is 0.570. The van der Waals surface area contributed by atoms with Crippen molar-refractivity contribution >= 4 is 22.4 Å². The summed E-state index contributed by atoms with van der Waals surface area (Å²) in [7, 11) is 3.24. The molecule has 5 heteroatoms. The highest BCUT2D eigenvalue weighted by molar-refractivity contribution is 7.08. The van der Waals surface area contributed by atoms with E-state index in [2.05, 4.69) is 34.5 Å². The maximum absolute atomic E-state index is 5.37. The van der Waals surface area contributed by atoms with E-state index >= 15 is 0 Å². The van der Waals surface area contributed by atoms with Gasteiger partial charge in [-0.3, -0.25) is 4.98 Å². The SMILES string of the molecule is COc1nsc(OC)c1-c1cnc2c(C)cccc2c1. The van der Waals surface area contributed by atoms with Gasteiger partial charge in [0.25, 0.3) is 0 Å². The predicted octanol–water partition coefficient (Wildman–Crippen LogP) is 3.68. The molecule has 0 bridgehead atoms. The zero-order chi connectivity index (χ0) is 14.1. The lowest BCUT2D eigenvalue weighted by atomic mass is 10.1. The molecule has 2 heterocycles. The zero-order valence-corrected chi connectivity index (χ0v) is 12.3. The topological polar surface area (TPSA) is 44.2 Å². The van der Waals surface area contributed by atoms with Gasteiger partial charge in [-0.2, -0.15) is 4.37 Å². The Morgan fingerprint density at radius 1 is 1.15 bits per heavy atom. The number of hydrogen-bond donors (Lipinski definition) is 0. The van der Waals surface area contributed by atoms with E-state index in [9.17, 15) is 0 Å². The molecule has 20 heavy (non-hydrogen) atoms. The third-order valence-electron chi connectivity index (χ3n) is 3.21. The monoisotopic (exact) mass is 286 g/mol. The van der Waals surface area contributed by atoms with Gasteiger partial charge in [0, 0.05) is 28.7 Å². The van der Waals surface area contributed by atoms with Crippen LogP contribution in [0.2, 0.25) is 0 Å². The highest BCUT2D eigenvalue weighted by atomic mass is 32.1. The molecule has 4 nitrogen and oxygen atoms in total. The summed E-state index contributed by atoms with van der Waals surface area (Å²) in [6.45, 7) is 2.06. The molecule has 0 atom stereocenters. The molecule has 1 aromatic carbocycles. The molecule has 102 valence electrons. The largest absolute Gasteiger partial charge is 0.486 e. The Bertz CT molecular complexity index is 746. The lowest BCUT2D eigenvalue weighted by Crippen LogP contribution is -1.90. The highest BCUT2D eigenvalue weighted by Crippen LogP contribution is 2.41. The fourth-order valence-corrected chi connectivity index (χ4v) is 2.93. The number of aromatic nitrogens is 2. The molecule has 0 unspecified atom stereocenters. The fraction of sp³-hybridized carbons (Fsp3) is 0.200. The number of nitrogens with zero attached hydrogens (tertiary/aromatic N) is 2. The van der Waals surface area contributed by atoms with Crippen molar-refractivity contribution in [1.82, 2.24) is 9.36 Å². The van der Waals surface area contributed by atoms with E-state index < -0.39 is 0 Å². The van der Waals surface area contributed by atoms with Crippen molar-refractivity contribution in [2.75, 3.05) is 14.2 Å². The van der Waals surface area contributed by atoms with Crippen LogP contribution in [0.25, 0.3) is 22.0 Å². The van der Waals surface area contributed by atoms with E-state index in [0.717, 1.165) is 32.7 Å². The van der Waals surface area contributed by atoms with Gasteiger partial charge in [-0.25, -0.2) is 0 Å². The van der Waals surface area contributed by atoms with Crippen LogP contribution in [-0.2, 0) is 0 Å². The molecule has 0 aliphatic heterocycles. The predicted molar refractivity (Wildman–Crippen MR) is 80.7 cm³/mol. The van der Waals surface area contributed by atoms with Gasteiger partial charge >= 0.3 is 0 Å². The third-order valence-corrected chi connectivity index (χ3v) is 4.00. The fourth-order valence-electron chi connectivity index (χ4n) is 2.23. The maximum Gasteiger partial charge on any atom is 0.236 e. The van der Waals surface area contributed by atoms with Crippen LogP contribution in [0.15, 0.2) is 30.5 Å². The minimum Gasteiger partial charge on any atom is -0.486 e. The van der Waals surface area contributed by atoms with Gasteiger partial charge in [0.2, 0.25) is 10.9 Å². The number of ether oxygens (including phenoxy) is 2. The molecule has 2 aromatic heterocycles. The number of methoxy groups -OCH3 is 2. The van der Waals surface area contributed by atoms with E-state index in [1.54, 1.807) is 14.2 Å². The van der Waals surface area contributed by atoms with E-state index in [4.69, 9.17) is 9.47 Å². The van der Waals surface area contributed by atoms with Crippen LogP contribution in [-0.4, -0.2) is 23.6 Å². The standard InChI is InChI=1S/C15H14N2O2S/c1-9-5-4-6-10-7-11(8-16-13(9)10)12-14(18-2)17-20-15(12)19-3/h4-8H,1-3H3. The first-order valence-corrected chi connectivity index (χ1v) is 6.95. The van der Waals surface area contributed by atoms with E-state index in [1.807, 2.05) is 12.3 Å². The number of benzene rings is 1. The summed E-state index contributed by atoms with van der Waals surface area (Å²) in [5.41, 5.74) is 3.98. The Balaban J connectivity index is 2.22.